The van der Waals surface area contributed by atoms with Gasteiger partial charge >= 0.3 is 0 Å². The Labute approximate surface area is 165 Å². The molecule has 6 nitrogen and oxygen atoms in total. The van der Waals surface area contributed by atoms with Crippen LogP contribution < -0.4 is 10.6 Å². The number of halogens is 1. The quantitative estimate of drug-likeness (QED) is 0.573. The van der Waals surface area contributed by atoms with Gasteiger partial charge in [0.1, 0.15) is 5.52 Å². The van der Waals surface area contributed by atoms with E-state index in [0.717, 1.165) is 11.9 Å². The van der Waals surface area contributed by atoms with Gasteiger partial charge in [0.15, 0.2) is 5.58 Å². The van der Waals surface area contributed by atoms with E-state index < -0.39 is 0 Å². The lowest BCUT2D eigenvalue weighted by Gasteiger charge is -2.11. The lowest BCUT2D eigenvalue weighted by atomic mass is 10.1. The Morgan fingerprint density at radius 1 is 1.22 bits per heavy atom. The molecule has 0 atom stereocenters. The summed E-state index contributed by atoms with van der Waals surface area (Å²) in [6, 6.07) is 12.2. The molecule has 0 radical (unpaired) electrons. The highest BCUT2D eigenvalue weighted by molar-refractivity contribution is 7.99. The summed E-state index contributed by atoms with van der Waals surface area (Å²) in [5, 5.41) is 6.38. The zero-order valence-electron chi connectivity index (χ0n) is 14.6. The summed E-state index contributed by atoms with van der Waals surface area (Å²) in [5.41, 5.74) is 2.16. The predicted octanol–water partition coefficient (Wildman–Crippen LogP) is 4.35. The van der Waals surface area contributed by atoms with Gasteiger partial charge in [-0.25, -0.2) is 4.98 Å². The van der Waals surface area contributed by atoms with Crippen molar-refractivity contribution in [3.8, 4) is 0 Å². The smallest absolute Gasteiger partial charge is 0.257 e. The summed E-state index contributed by atoms with van der Waals surface area (Å²) in [6.07, 6.45) is 0.822. The molecule has 0 aliphatic carbocycles. The highest BCUT2D eigenvalue weighted by atomic mass is 35.5. The first-order valence-electron chi connectivity index (χ1n) is 8.43. The third kappa shape index (κ3) is 5.02. The van der Waals surface area contributed by atoms with Crippen LogP contribution >= 0.6 is 23.4 Å². The molecule has 0 saturated heterocycles. The van der Waals surface area contributed by atoms with Crippen molar-refractivity contribution in [2.75, 3.05) is 17.6 Å². The molecule has 8 heteroatoms. The van der Waals surface area contributed by atoms with Crippen molar-refractivity contribution in [2.24, 2.45) is 0 Å². The van der Waals surface area contributed by atoms with Gasteiger partial charge < -0.3 is 15.1 Å². The number of nitrogens with zero attached hydrogens (tertiary/aromatic N) is 1. The first-order chi connectivity index (χ1) is 13.1. The van der Waals surface area contributed by atoms with E-state index in [1.54, 1.807) is 18.2 Å². The fourth-order valence-corrected chi connectivity index (χ4v) is 3.19. The standard InChI is InChI=1S/C19H18ClN3O3S/c1-2-9-21-18(25)13-8-7-12(20)10-15(13)22-17(24)11-27-19-23-14-5-3-4-6-16(14)26-19/h3-8,10H,2,9,11H2,1H3,(H,21,25)(H,22,24). The number of nitrogens with one attached hydrogen (secondary N) is 2. The number of hydrogen-bond acceptors (Lipinski definition) is 5. The number of amides is 2. The van der Waals surface area contributed by atoms with Crippen LogP contribution in [0.25, 0.3) is 11.1 Å². The van der Waals surface area contributed by atoms with E-state index in [4.69, 9.17) is 16.0 Å². The Morgan fingerprint density at radius 3 is 2.81 bits per heavy atom. The fourth-order valence-electron chi connectivity index (χ4n) is 2.38. The summed E-state index contributed by atoms with van der Waals surface area (Å²) in [5.74, 6) is -0.445. The molecule has 1 aromatic heterocycles. The zero-order valence-corrected chi connectivity index (χ0v) is 16.2. The van der Waals surface area contributed by atoms with E-state index in [2.05, 4.69) is 15.6 Å². The highest BCUT2D eigenvalue weighted by Gasteiger charge is 2.15. The summed E-state index contributed by atoms with van der Waals surface area (Å²) in [7, 11) is 0. The van der Waals surface area contributed by atoms with Gasteiger partial charge in [0, 0.05) is 11.6 Å². The van der Waals surface area contributed by atoms with E-state index in [1.807, 2.05) is 31.2 Å². The SMILES string of the molecule is CCCNC(=O)c1ccc(Cl)cc1NC(=O)CSc1nc2ccccc2o1. The Hall–Kier alpha value is -2.51. The Bertz CT molecular complexity index is 941. The van der Waals surface area contributed by atoms with Gasteiger partial charge in [-0.1, -0.05) is 42.4 Å². The molecule has 0 bridgehead atoms. The molecule has 3 aromatic rings. The summed E-state index contributed by atoms with van der Waals surface area (Å²) < 4.78 is 5.58. The Kier molecular flexibility index (Phi) is 6.36. The number of thioether (sulfide) groups is 1. The number of para-hydroxylation sites is 2. The van der Waals surface area contributed by atoms with Crippen molar-refractivity contribution in [1.29, 1.82) is 0 Å². The van der Waals surface area contributed by atoms with Crippen molar-refractivity contribution in [3.05, 3.63) is 53.1 Å². The third-order valence-electron chi connectivity index (χ3n) is 3.64. The Balaban J connectivity index is 1.66. The second kappa shape index (κ2) is 8.92. The molecular formula is C19H18ClN3O3S. The highest BCUT2D eigenvalue weighted by Crippen LogP contribution is 2.25. The van der Waals surface area contributed by atoms with Gasteiger partial charge in [-0.05, 0) is 36.8 Å². The van der Waals surface area contributed by atoms with E-state index in [-0.39, 0.29) is 17.6 Å². The number of oxazole rings is 1. The lowest BCUT2D eigenvalue weighted by Crippen LogP contribution is -2.26. The van der Waals surface area contributed by atoms with Crippen LogP contribution in [0.1, 0.15) is 23.7 Å². The molecule has 2 N–H and O–H groups in total. The normalized spacial score (nSPS) is 10.7. The minimum Gasteiger partial charge on any atom is -0.431 e. The molecule has 0 aliphatic rings. The van der Waals surface area contributed by atoms with Gasteiger partial charge in [0.2, 0.25) is 5.91 Å². The van der Waals surface area contributed by atoms with Crippen LogP contribution in [0.3, 0.4) is 0 Å². The number of carbonyl (C=O) groups excluding carboxylic acids is 2. The monoisotopic (exact) mass is 403 g/mol. The summed E-state index contributed by atoms with van der Waals surface area (Å²) in [4.78, 5) is 28.9. The molecule has 2 amide bonds. The molecule has 1 heterocycles. The molecule has 0 aliphatic heterocycles. The van der Waals surface area contributed by atoms with Crippen LogP contribution in [-0.2, 0) is 4.79 Å². The van der Waals surface area contributed by atoms with Crippen LogP contribution in [0, 0.1) is 0 Å². The molecule has 27 heavy (non-hydrogen) atoms. The van der Waals surface area contributed by atoms with Crippen molar-refractivity contribution in [3.63, 3.8) is 0 Å². The zero-order chi connectivity index (χ0) is 19.2. The molecule has 140 valence electrons. The number of hydrogen-bond donors (Lipinski definition) is 2. The van der Waals surface area contributed by atoms with Crippen molar-refractivity contribution in [2.45, 2.75) is 18.6 Å². The first kappa shape index (κ1) is 19.3. The first-order valence-corrected chi connectivity index (χ1v) is 9.79. The largest absolute Gasteiger partial charge is 0.431 e. The van der Waals surface area contributed by atoms with Crippen LogP contribution in [0.4, 0.5) is 5.69 Å². The maximum Gasteiger partial charge on any atom is 0.257 e. The van der Waals surface area contributed by atoms with Crippen molar-refractivity contribution >= 4 is 52.0 Å². The van der Waals surface area contributed by atoms with E-state index in [0.29, 0.717) is 33.6 Å². The van der Waals surface area contributed by atoms with Crippen LogP contribution in [0.5, 0.6) is 0 Å². The number of carbonyl (C=O) groups is 2. The molecule has 0 spiro atoms. The molecule has 0 saturated carbocycles. The molecule has 2 aromatic carbocycles. The van der Waals surface area contributed by atoms with E-state index in [9.17, 15) is 9.59 Å². The van der Waals surface area contributed by atoms with E-state index >= 15 is 0 Å². The number of anilines is 1. The topological polar surface area (TPSA) is 84.2 Å². The maximum atomic E-state index is 12.3. The average Bonchev–Trinajstić information content (AvgIpc) is 3.07. The van der Waals surface area contributed by atoms with Crippen molar-refractivity contribution in [1.82, 2.24) is 10.3 Å². The minimum absolute atomic E-state index is 0.0926. The summed E-state index contributed by atoms with van der Waals surface area (Å²) >= 11 is 7.20. The van der Waals surface area contributed by atoms with Gasteiger partial charge in [0.25, 0.3) is 11.1 Å². The maximum absolute atomic E-state index is 12.3. The van der Waals surface area contributed by atoms with Gasteiger partial charge in [0.05, 0.1) is 17.0 Å². The predicted molar refractivity (Wildman–Crippen MR) is 107 cm³/mol. The molecule has 0 fully saturated rings. The van der Waals surface area contributed by atoms with Crippen LogP contribution in [-0.4, -0.2) is 29.1 Å². The van der Waals surface area contributed by atoms with Gasteiger partial charge in [-0.3, -0.25) is 9.59 Å². The van der Waals surface area contributed by atoms with Gasteiger partial charge in [-0.2, -0.15) is 0 Å². The summed E-state index contributed by atoms with van der Waals surface area (Å²) in [6.45, 7) is 2.52. The number of benzene rings is 2. The van der Waals surface area contributed by atoms with Crippen LogP contribution in [0.15, 0.2) is 52.1 Å². The lowest BCUT2D eigenvalue weighted by molar-refractivity contribution is -0.113. The molecule has 0 unspecified atom stereocenters. The van der Waals surface area contributed by atoms with E-state index in [1.165, 1.54) is 11.8 Å². The number of rotatable bonds is 7. The molecular weight excluding hydrogens is 386 g/mol. The molecule has 3 rings (SSSR count). The number of aromatic nitrogens is 1. The van der Waals surface area contributed by atoms with Crippen molar-refractivity contribution < 1.29 is 14.0 Å². The minimum atomic E-state index is -0.283. The third-order valence-corrected chi connectivity index (χ3v) is 4.70. The fraction of sp³-hybridized carbons (Fsp3) is 0.211. The average molecular weight is 404 g/mol. The van der Waals surface area contributed by atoms with Gasteiger partial charge in [-0.15, -0.1) is 0 Å². The second-order valence-electron chi connectivity index (χ2n) is 5.73. The number of fused-ring (bicyclic) bond motifs is 1. The second-order valence-corrected chi connectivity index (χ2v) is 7.09. The van der Waals surface area contributed by atoms with Crippen LogP contribution in [0.2, 0.25) is 5.02 Å². The Morgan fingerprint density at radius 2 is 2.04 bits per heavy atom.